The van der Waals surface area contributed by atoms with Gasteiger partial charge in [0.05, 0.1) is 5.71 Å². The highest BCUT2D eigenvalue weighted by atomic mass is 16.5. The van der Waals surface area contributed by atoms with E-state index in [1.165, 1.54) is 0 Å². The lowest BCUT2D eigenvalue weighted by molar-refractivity contribution is -0.130. The topological polar surface area (TPSA) is 50.7 Å². The maximum Gasteiger partial charge on any atom is 0.269 e. The minimum absolute atomic E-state index is 0.179. The highest BCUT2D eigenvalue weighted by molar-refractivity contribution is 6.13. The number of rotatable bonds is 4. The van der Waals surface area contributed by atoms with Crippen molar-refractivity contribution in [1.29, 1.82) is 0 Å². The molecule has 2 aromatic carbocycles. The molecule has 1 unspecified atom stereocenters. The van der Waals surface area contributed by atoms with Gasteiger partial charge < -0.3 is 4.74 Å². The SMILES string of the molecule is O=C(NN=C(c1ccccc1)c1ccccc1)C1CCCO1. The number of ether oxygens (including phenoxy) is 1. The van der Waals surface area contributed by atoms with Gasteiger partial charge in [0.15, 0.2) is 0 Å². The Labute approximate surface area is 129 Å². The molecular weight excluding hydrogens is 276 g/mol. The summed E-state index contributed by atoms with van der Waals surface area (Å²) >= 11 is 0. The summed E-state index contributed by atoms with van der Waals surface area (Å²) in [6, 6.07) is 19.6. The Morgan fingerprint density at radius 2 is 1.59 bits per heavy atom. The summed E-state index contributed by atoms with van der Waals surface area (Å²) in [6.07, 6.45) is 1.30. The Bertz CT molecular complexity index is 606. The van der Waals surface area contributed by atoms with Crippen LogP contribution in [0.25, 0.3) is 0 Å². The van der Waals surface area contributed by atoms with Crippen LogP contribution in [-0.4, -0.2) is 24.3 Å². The summed E-state index contributed by atoms with van der Waals surface area (Å²) in [5.74, 6) is -0.179. The highest BCUT2D eigenvalue weighted by Crippen LogP contribution is 2.13. The van der Waals surface area contributed by atoms with Gasteiger partial charge in [0.2, 0.25) is 0 Å². The van der Waals surface area contributed by atoms with Crippen LogP contribution in [0.4, 0.5) is 0 Å². The van der Waals surface area contributed by atoms with Crippen molar-refractivity contribution in [3.63, 3.8) is 0 Å². The van der Waals surface area contributed by atoms with Crippen LogP contribution in [0.2, 0.25) is 0 Å². The second kappa shape index (κ2) is 7.00. The first-order valence-electron chi connectivity index (χ1n) is 7.44. The summed E-state index contributed by atoms with van der Waals surface area (Å²) in [5.41, 5.74) is 5.31. The van der Waals surface area contributed by atoms with Gasteiger partial charge in [-0.15, -0.1) is 0 Å². The van der Waals surface area contributed by atoms with Gasteiger partial charge in [-0.05, 0) is 12.8 Å². The Kier molecular flexibility index (Phi) is 4.61. The van der Waals surface area contributed by atoms with Crippen LogP contribution >= 0.6 is 0 Å². The summed E-state index contributed by atoms with van der Waals surface area (Å²) in [4.78, 5) is 12.1. The van der Waals surface area contributed by atoms with Gasteiger partial charge in [-0.2, -0.15) is 5.10 Å². The number of carbonyl (C=O) groups is 1. The molecule has 1 saturated heterocycles. The van der Waals surface area contributed by atoms with Crippen molar-refractivity contribution in [2.24, 2.45) is 5.10 Å². The fraction of sp³-hybridized carbons (Fsp3) is 0.222. The molecular formula is C18H18N2O2. The molecule has 1 aliphatic rings. The molecule has 0 bridgehead atoms. The van der Waals surface area contributed by atoms with E-state index in [1.54, 1.807) is 0 Å². The van der Waals surface area contributed by atoms with Gasteiger partial charge in [-0.25, -0.2) is 5.43 Å². The maximum absolute atomic E-state index is 12.1. The predicted octanol–water partition coefficient (Wildman–Crippen LogP) is 2.73. The average Bonchev–Trinajstić information content (AvgIpc) is 3.11. The molecule has 1 atom stereocenters. The molecule has 0 radical (unpaired) electrons. The second-order valence-electron chi connectivity index (χ2n) is 5.17. The monoisotopic (exact) mass is 294 g/mol. The molecule has 0 saturated carbocycles. The smallest absolute Gasteiger partial charge is 0.269 e. The molecule has 0 aromatic heterocycles. The van der Waals surface area contributed by atoms with Crippen molar-refractivity contribution in [3.05, 3.63) is 71.8 Å². The molecule has 1 amide bonds. The van der Waals surface area contributed by atoms with Crippen LogP contribution < -0.4 is 5.43 Å². The Morgan fingerprint density at radius 3 is 2.09 bits per heavy atom. The molecule has 1 aliphatic heterocycles. The second-order valence-corrected chi connectivity index (χ2v) is 5.17. The molecule has 3 rings (SSSR count). The lowest BCUT2D eigenvalue weighted by atomic mass is 10.0. The van der Waals surface area contributed by atoms with E-state index in [0.29, 0.717) is 6.61 Å². The molecule has 0 aliphatic carbocycles. The molecule has 4 heteroatoms. The fourth-order valence-corrected chi connectivity index (χ4v) is 2.46. The minimum Gasteiger partial charge on any atom is -0.368 e. The Morgan fingerprint density at radius 1 is 1.00 bits per heavy atom. The summed E-state index contributed by atoms with van der Waals surface area (Å²) in [6.45, 7) is 0.645. The highest BCUT2D eigenvalue weighted by Gasteiger charge is 2.23. The molecule has 112 valence electrons. The van der Waals surface area contributed by atoms with Crippen molar-refractivity contribution in [3.8, 4) is 0 Å². The van der Waals surface area contributed by atoms with Gasteiger partial charge in [-0.1, -0.05) is 60.7 Å². The zero-order valence-corrected chi connectivity index (χ0v) is 12.2. The van der Waals surface area contributed by atoms with Crippen LogP contribution in [0.3, 0.4) is 0 Å². The number of hydrazone groups is 1. The van der Waals surface area contributed by atoms with Gasteiger partial charge in [-0.3, -0.25) is 4.79 Å². The third-order valence-corrected chi connectivity index (χ3v) is 3.59. The first kappa shape index (κ1) is 14.5. The molecule has 22 heavy (non-hydrogen) atoms. The average molecular weight is 294 g/mol. The third-order valence-electron chi connectivity index (χ3n) is 3.59. The van der Waals surface area contributed by atoms with Crippen molar-refractivity contribution < 1.29 is 9.53 Å². The molecule has 1 heterocycles. The number of hydrogen-bond donors (Lipinski definition) is 1. The van der Waals surface area contributed by atoms with E-state index in [2.05, 4.69) is 10.5 Å². The van der Waals surface area contributed by atoms with Crippen LogP contribution in [0.1, 0.15) is 24.0 Å². The van der Waals surface area contributed by atoms with Crippen molar-refractivity contribution >= 4 is 11.6 Å². The quantitative estimate of drug-likeness (QED) is 0.696. The number of hydrogen-bond acceptors (Lipinski definition) is 3. The van der Waals surface area contributed by atoms with Crippen molar-refractivity contribution in [2.45, 2.75) is 18.9 Å². The van der Waals surface area contributed by atoms with Gasteiger partial charge >= 0.3 is 0 Å². The van der Waals surface area contributed by atoms with Gasteiger partial charge in [0.1, 0.15) is 6.10 Å². The zero-order valence-electron chi connectivity index (χ0n) is 12.2. The van der Waals surface area contributed by atoms with E-state index in [-0.39, 0.29) is 12.0 Å². The number of benzene rings is 2. The minimum atomic E-state index is -0.378. The summed E-state index contributed by atoms with van der Waals surface area (Å²) < 4.78 is 5.38. The molecule has 1 N–H and O–H groups in total. The van der Waals surface area contributed by atoms with E-state index in [1.807, 2.05) is 60.7 Å². The lowest BCUT2D eigenvalue weighted by Crippen LogP contribution is -2.31. The van der Waals surface area contributed by atoms with Crippen LogP contribution in [0.15, 0.2) is 65.8 Å². The summed E-state index contributed by atoms with van der Waals surface area (Å²) in [5, 5.41) is 4.35. The third kappa shape index (κ3) is 3.40. The molecule has 0 spiro atoms. The van der Waals surface area contributed by atoms with Crippen LogP contribution in [0, 0.1) is 0 Å². The van der Waals surface area contributed by atoms with Crippen LogP contribution in [-0.2, 0) is 9.53 Å². The number of amides is 1. The summed E-state index contributed by atoms with van der Waals surface area (Å²) in [7, 11) is 0. The van der Waals surface area contributed by atoms with Gasteiger partial charge in [0, 0.05) is 17.7 Å². The fourth-order valence-electron chi connectivity index (χ4n) is 2.46. The molecule has 4 nitrogen and oxygen atoms in total. The number of carbonyl (C=O) groups excluding carboxylic acids is 1. The van der Waals surface area contributed by atoms with E-state index in [9.17, 15) is 4.79 Å². The van der Waals surface area contributed by atoms with Crippen LogP contribution in [0.5, 0.6) is 0 Å². The largest absolute Gasteiger partial charge is 0.368 e. The predicted molar refractivity (Wildman–Crippen MR) is 85.6 cm³/mol. The first-order chi connectivity index (χ1) is 10.8. The first-order valence-corrected chi connectivity index (χ1v) is 7.44. The van der Waals surface area contributed by atoms with E-state index < -0.39 is 0 Å². The Balaban J connectivity index is 1.85. The normalized spacial score (nSPS) is 17.0. The van der Waals surface area contributed by atoms with E-state index >= 15 is 0 Å². The number of nitrogens with zero attached hydrogens (tertiary/aromatic N) is 1. The molecule has 1 fully saturated rings. The lowest BCUT2D eigenvalue weighted by Gasteiger charge is -2.10. The maximum atomic E-state index is 12.1. The molecule has 2 aromatic rings. The van der Waals surface area contributed by atoms with E-state index in [0.717, 1.165) is 29.7 Å². The van der Waals surface area contributed by atoms with Gasteiger partial charge in [0.25, 0.3) is 5.91 Å². The van der Waals surface area contributed by atoms with Crippen molar-refractivity contribution in [1.82, 2.24) is 5.43 Å². The Hall–Kier alpha value is -2.46. The zero-order chi connectivity index (χ0) is 15.2. The number of nitrogens with one attached hydrogen (secondary N) is 1. The standard InChI is InChI=1S/C18H18N2O2/c21-18(16-12-7-13-22-16)20-19-17(14-8-3-1-4-9-14)15-10-5-2-6-11-15/h1-6,8-11,16H,7,12-13H2,(H,20,21). The van der Waals surface area contributed by atoms with E-state index in [4.69, 9.17) is 4.74 Å². The van der Waals surface area contributed by atoms with Crippen molar-refractivity contribution in [2.75, 3.05) is 6.61 Å².